The molecule has 1 atom stereocenters. The molecule has 5 aromatic rings. The first-order valence-electron chi connectivity index (χ1n) is 11.7. The van der Waals surface area contributed by atoms with Crippen molar-refractivity contribution in [3.63, 3.8) is 0 Å². The normalized spacial score (nSPS) is 15.0. The number of para-hydroxylation sites is 2. The van der Waals surface area contributed by atoms with Crippen LogP contribution in [0.15, 0.2) is 78.9 Å². The molecule has 0 saturated carbocycles. The molecule has 3 aromatic carbocycles. The van der Waals surface area contributed by atoms with Crippen molar-refractivity contribution in [2.24, 2.45) is 0 Å². The van der Waals surface area contributed by atoms with Gasteiger partial charge in [-0.1, -0.05) is 76.9 Å². The van der Waals surface area contributed by atoms with Gasteiger partial charge in [0.1, 0.15) is 12.6 Å². The van der Waals surface area contributed by atoms with Gasteiger partial charge in [-0.3, -0.25) is 15.0 Å². The highest BCUT2D eigenvalue weighted by atomic mass is 16.2. The Balaban J connectivity index is 1.37. The van der Waals surface area contributed by atoms with Crippen molar-refractivity contribution in [3.8, 4) is 0 Å². The number of imidazole rings is 1. The first-order chi connectivity index (χ1) is 17.5. The number of nitrogens with one attached hydrogen (secondary N) is 2. The summed E-state index contributed by atoms with van der Waals surface area (Å²) in [4.78, 5) is 22.6. The van der Waals surface area contributed by atoms with Crippen molar-refractivity contribution in [1.82, 2.24) is 30.2 Å². The fourth-order valence-corrected chi connectivity index (χ4v) is 4.42. The number of tetrazole rings is 1. The van der Waals surface area contributed by atoms with Gasteiger partial charge in [-0.05, 0) is 53.6 Å². The second-order valence-corrected chi connectivity index (χ2v) is 8.93. The van der Waals surface area contributed by atoms with Crippen LogP contribution in [-0.2, 0) is 4.79 Å². The zero-order valence-corrected chi connectivity index (χ0v) is 19.9. The molecule has 6 rings (SSSR count). The zero-order valence-electron chi connectivity index (χ0n) is 19.9. The summed E-state index contributed by atoms with van der Waals surface area (Å²) in [5.41, 5.74) is 6.88. The SMILES string of the molecule is Cc1ccc(C2=C[C@@H](c3ccc(C)cc3)n3nnnc3N2CC(=O)Nc2nc3ccccc3[nH]2)cc1. The van der Waals surface area contributed by atoms with Crippen molar-refractivity contribution in [3.05, 3.63) is 101 Å². The number of fused-ring (bicyclic) bond motifs is 2. The minimum absolute atomic E-state index is 0.0117. The number of allylic oxidation sites excluding steroid dienone is 1. The van der Waals surface area contributed by atoms with Crippen molar-refractivity contribution in [2.75, 3.05) is 16.8 Å². The molecule has 9 heteroatoms. The predicted octanol–water partition coefficient (Wildman–Crippen LogP) is 4.26. The van der Waals surface area contributed by atoms with Crippen LogP contribution >= 0.6 is 0 Å². The van der Waals surface area contributed by atoms with E-state index in [2.05, 4.69) is 92.3 Å². The molecule has 36 heavy (non-hydrogen) atoms. The molecule has 178 valence electrons. The molecule has 3 heterocycles. The lowest BCUT2D eigenvalue weighted by atomic mass is 9.99. The average Bonchev–Trinajstić information content (AvgIpc) is 3.52. The Kier molecular flexibility index (Phi) is 5.29. The lowest BCUT2D eigenvalue weighted by molar-refractivity contribution is -0.114. The quantitative estimate of drug-likeness (QED) is 0.393. The number of hydrogen-bond acceptors (Lipinski definition) is 6. The summed E-state index contributed by atoms with van der Waals surface area (Å²) in [5, 5.41) is 15.4. The number of aryl methyl sites for hydroxylation is 2. The molecule has 2 N–H and O–H groups in total. The largest absolute Gasteiger partial charge is 0.324 e. The summed E-state index contributed by atoms with van der Waals surface area (Å²) >= 11 is 0. The number of nitrogens with zero attached hydrogens (tertiary/aromatic N) is 6. The Hall–Kier alpha value is -4.79. The second kappa shape index (κ2) is 8.77. The van der Waals surface area contributed by atoms with E-state index >= 15 is 0 Å². The third kappa shape index (κ3) is 4.00. The van der Waals surface area contributed by atoms with E-state index in [9.17, 15) is 4.79 Å². The number of aromatic amines is 1. The van der Waals surface area contributed by atoms with Crippen molar-refractivity contribution < 1.29 is 4.79 Å². The Morgan fingerprint density at radius 2 is 1.69 bits per heavy atom. The molecular formula is C27H24N8O. The van der Waals surface area contributed by atoms with Gasteiger partial charge in [0.15, 0.2) is 0 Å². The topological polar surface area (TPSA) is 105 Å². The molecule has 1 aliphatic rings. The van der Waals surface area contributed by atoms with Crippen molar-refractivity contribution in [2.45, 2.75) is 19.9 Å². The lowest BCUT2D eigenvalue weighted by Gasteiger charge is -2.32. The van der Waals surface area contributed by atoms with Crippen molar-refractivity contribution in [1.29, 1.82) is 0 Å². The van der Waals surface area contributed by atoms with E-state index in [1.807, 2.05) is 36.1 Å². The monoisotopic (exact) mass is 476 g/mol. The number of carbonyl (C=O) groups is 1. The Morgan fingerprint density at radius 3 is 2.44 bits per heavy atom. The Morgan fingerprint density at radius 1 is 0.972 bits per heavy atom. The molecule has 0 spiro atoms. The summed E-state index contributed by atoms with van der Waals surface area (Å²) in [7, 11) is 0. The molecule has 0 radical (unpaired) electrons. The van der Waals surface area contributed by atoms with Gasteiger partial charge in [-0.15, -0.1) is 0 Å². The molecule has 1 aliphatic heterocycles. The number of carbonyl (C=O) groups excluding carboxylic acids is 1. The number of aromatic nitrogens is 6. The van der Waals surface area contributed by atoms with E-state index in [0.29, 0.717) is 11.9 Å². The summed E-state index contributed by atoms with van der Waals surface area (Å²) in [6.45, 7) is 4.12. The molecular weight excluding hydrogens is 452 g/mol. The number of amides is 1. The van der Waals surface area contributed by atoms with Gasteiger partial charge in [-0.2, -0.15) is 4.68 Å². The van der Waals surface area contributed by atoms with E-state index in [1.54, 1.807) is 4.68 Å². The van der Waals surface area contributed by atoms with E-state index in [0.717, 1.165) is 33.4 Å². The number of hydrogen-bond donors (Lipinski definition) is 2. The van der Waals surface area contributed by atoms with Crippen LogP contribution < -0.4 is 10.2 Å². The van der Waals surface area contributed by atoms with E-state index in [1.165, 1.54) is 5.56 Å². The van der Waals surface area contributed by atoms with E-state index in [4.69, 9.17) is 0 Å². The molecule has 0 fully saturated rings. The van der Waals surface area contributed by atoms with Crippen molar-refractivity contribution >= 4 is 34.5 Å². The minimum Gasteiger partial charge on any atom is -0.324 e. The molecule has 0 bridgehead atoms. The first kappa shape index (κ1) is 21.7. The highest BCUT2D eigenvalue weighted by Crippen LogP contribution is 2.36. The van der Waals surface area contributed by atoms with Crippen LogP contribution in [0.2, 0.25) is 0 Å². The average molecular weight is 477 g/mol. The third-order valence-electron chi connectivity index (χ3n) is 6.30. The van der Waals surface area contributed by atoms with Crippen LogP contribution in [0.4, 0.5) is 11.9 Å². The third-order valence-corrected chi connectivity index (χ3v) is 6.30. The number of anilines is 2. The molecule has 0 unspecified atom stereocenters. The maximum atomic E-state index is 13.2. The summed E-state index contributed by atoms with van der Waals surface area (Å²) in [6, 6.07) is 24.0. The Bertz CT molecular complexity index is 1550. The Labute approximate surface area is 207 Å². The summed E-state index contributed by atoms with van der Waals surface area (Å²) < 4.78 is 1.75. The maximum absolute atomic E-state index is 13.2. The predicted molar refractivity (Wildman–Crippen MR) is 138 cm³/mol. The highest BCUT2D eigenvalue weighted by molar-refractivity contribution is 5.97. The maximum Gasteiger partial charge on any atom is 0.251 e. The highest BCUT2D eigenvalue weighted by Gasteiger charge is 2.32. The minimum atomic E-state index is -0.240. The van der Waals surface area contributed by atoms with Gasteiger partial charge >= 0.3 is 0 Å². The van der Waals surface area contributed by atoms with Gasteiger partial charge in [0.05, 0.1) is 16.7 Å². The van der Waals surface area contributed by atoms with E-state index < -0.39 is 0 Å². The number of H-pyrrole nitrogens is 1. The number of benzene rings is 3. The van der Waals surface area contributed by atoms with Crippen LogP contribution in [0.25, 0.3) is 16.7 Å². The van der Waals surface area contributed by atoms with Gasteiger partial charge in [-0.25, -0.2) is 4.98 Å². The molecule has 1 amide bonds. The van der Waals surface area contributed by atoms with Crippen LogP contribution in [0, 0.1) is 13.8 Å². The van der Waals surface area contributed by atoms with Crippen LogP contribution in [-0.4, -0.2) is 42.6 Å². The molecule has 0 saturated heterocycles. The van der Waals surface area contributed by atoms with Crippen LogP contribution in [0.3, 0.4) is 0 Å². The summed E-state index contributed by atoms with van der Waals surface area (Å²) in [6.07, 6.45) is 2.10. The molecule has 9 nitrogen and oxygen atoms in total. The fourth-order valence-electron chi connectivity index (χ4n) is 4.42. The smallest absolute Gasteiger partial charge is 0.251 e. The number of rotatable bonds is 5. The van der Waals surface area contributed by atoms with Crippen LogP contribution in [0.1, 0.15) is 28.3 Å². The fraction of sp³-hybridized carbons (Fsp3) is 0.148. The summed E-state index contributed by atoms with van der Waals surface area (Å²) in [5.74, 6) is 0.657. The van der Waals surface area contributed by atoms with Gasteiger partial charge in [0.25, 0.3) is 5.95 Å². The van der Waals surface area contributed by atoms with E-state index in [-0.39, 0.29) is 18.5 Å². The van der Waals surface area contributed by atoms with Crippen LogP contribution in [0.5, 0.6) is 0 Å². The van der Waals surface area contributed by atoms with Gasteiger partial charge in [0, 0.05) is 0 Å². The lowest BCUT2D eigenvalue weighted by Crippen LogP contribution is -2.37. The second-order valence-electron chi connectivity index (χ2n) is 8.93. The first-order valence-corrected chi connectivity index (χ1v) is 11.7. The molecule has 0 aliphatic carbocycles. The van der Waals surface area contributed by atoms with Gasteiger partial charge in [0.2, 0.25) is 11.9 Å². The molecule has 2 aromatic heterocycles. The standard InChI is InChI=1S/C27H24N8O/c1-17-7-11-19(12-8-17)23-15-24(20-13-9-18(2)10-14-20)35-27(31-32-33-35)34(23)16-25(36)30-26-28-21-5-3-4-6-22(21)29-26/h3-15,24H,16H2,1-2H3,(H2,28,29,30,36)/t24-/m0/s1. The zero-order chi connectivity index (χ0) is 24.6. The van der Waals surface area contributed by atoms with Gasteiger partial charge < -0.3 is 4.98 Å².